The van der Waals surface area contributed by atoms with E-state index in [0.717, 1.165) is 11.1 Å². The molecule has 0 spiro atoms. The highest BCUT2D eigenvalue weighted by molar-refractivity contribution is 5.44. The summed E-state index contributed by atoms with van der Waals surface area (Å²) in [5.41, 5.74) is 1.86. The van der Waals surface area contributed by atoms with Gasteiger partial charge in [0, 0.05) is 11.5 Å². The van der Waals surface area contributed by atoms with E-state index < -0.39 is 0 Å². The standard InChI is InChI=1S/C14H14O2/c1-10(11-5-3-2-4-6-11)13-9-12(15)7-8-14(13)16/h2-10,15-16H,1H3. The predicted molar refractivity (Wildman–Crippen MR) is 63.7 cm³/mol. The highest BCUT2D eigenvalue weighted by Crippen LogP contribution is 2.33. The number of hydrogen-bond acceptors (Lipinski definition) is 2. The van der Waals surface area contributed by atoms with Gasteiger partial charge in [0.25, 0.3) is 0 Å². The fraction of sp³-hybridized carbons (Fsp3) is 0.143. The summed E-state index contributed by atoms with van der Waals surface area (Å²) in [4.78, 5) is 0. The highest BCUT2D eigenvalue weighted by atomic mass is 16.3. The van der Waals surface area contributed by atoms with Gasteiger partial charge in [0.15, 0.2) is 0 Å². The van der Waals surface area contributed by atoms with E-state index in [1.807, 2.05) is 37.3 Å². The summed E-state index contributed by atoms with van der Waals surface area (Å²) < 4.78 is 0. The molecule has 1 unspecified atom stereocenters. The van der Waals surface area contributed by atoms with Crippen LogP contribution in [0, 0.1) is 0 Å². The van der Waals surface area contributed by atoms with Crippen molar-refractivity contribution in [2.45, 2.75) is 12.8 Å². The summed E-state index contributed by atoms with van der Waals surface area (Å²) in [5, 5.41) is 19.2. The van der Waals surface area contributed by atoms with Gasteiger partial charge in [-0.05, 0) is 23.8 Å². The second-order valence-corrected chi connectivity index (χ2v) is 3.88. The Balaban J connectivity index is 2.41. The minimum absolute atomic E-state index is 0.0632. The number of phenolic OH excluding ortho intramolecular Hbond substituents is 2. The van der Waals surface area contributed by atoms with E-state index in [1.54, 1.807) is 6.07 Å². The van der Waals surface area contributed by atoms with Gasteiger partial charge in [0.1, 0.15) is 11.5 Å². The van der Waals surface area contributed by atoms with Gasteiger partial charge in [-0.15, -0.1) is 0 Å². The molecule has 2 nitrogen and oxygen atoms in total. The van der Waals surface area contributed by atoms with Gasteiger partial charge in [0.05, 0.1) is 0 Å². The van der Waals surface area contributed by atoms with Crippen LogP contribution in [0.5, 0.6) is 11.5 Å². The van der Waals surface area contributed by atoms with Crippen LogP contribution in [0.3, 0.4) is 0 Å². The van der Waals surface area contributed by atoms with Gasteiger partial charge in [-0.3, -0.25) is 0 Å². The zero-order valence-electron chi connectivity index (χ0n) is 9.09. The molecule has 0 bridgehead atoms. The molecule has 0 aliphatic heterocycles. The van der Waals surface area contributed by atoms with Crippen molar-refractivity contribution in [1.82, 2.24) is 0 Å². The third-order valence-electron chi connectivity index (χ3n) is 2.78. The molecule has 0 saturated heterocycles. The van der Waals surface area contributed by atoms with Gasteiger partial charge in [0.2, 0.25) is 0 Å². The van der Waals surface area contributed by atoms with E-state index in [9.17, 15) is 10.2 Å². The third-order valence-corrected chi connectivity index (χ3v) is 2.78. The van der Waals surface area contributed by atoms with Crippen LogP contribution in [0.2, 0.25) is 0 Å². The molecular formula is C14H14O2. The molecule has 1 atom stereocenters. The van der Waals surface area contributed by atoms with Gasteiger partial charge in [-0.25, -0.2) is 0 Å². The first-order valence-electron chi connectivity index (χ1n) is 5.25. The van der Waals surface area contributed by atoms with Crippen LogP contribution < -0.4 is 0 Å². The number of phenols is 2. The number of benzene rings is 2. The summed E-state index contributed by atoms with van der Waals surface area (Å²) in [5.74, 6) is 0.457. The Morgan fingerprint density at radius 3 is 2.31 bits per heavy atom. The summed E-state index contributed by atoms with van der Waals surface area (Å²) in [6.07, 6.45) is 0. The SMILES string of the molecule is CC(c1ccccc1)c1cc(O)ccc1O. The van der Waals surface area contributed by atoms with Crippen LogP contribution in [-0.2, 0) is 0 Å². The van der Waals surface area contributed by atoms with Gasteiger partial charge in [-0.2, -0.15) is 0 Å². The molecule has 2 rings (SSSR count). The van der Waals surface area contributed by atoms with E-state index in [0.29, 0.717) is 0 Å². The van der Waals surface area contributed by atoms with Crippen LogP contribution >= 0.6 is 0 Å². The molecule has 0 radical (unpaired) electrons. The Kier molecular flexibility index (Phi) is 2.82. The maximum Gasteiger partial charge on any atom is 0.119 e. The smallest absolute Gasteiger partial charge is 0.119 e. The molecular weight excluding hydrogens is 200 g/mol. The molecule has 16 heavy (non-hydrogen) atoms. The first-order chi connectivity index (χ1) is 7.68. The van der Waals surface area contributed by atoms with Crippen LogP contribution in [0.25, 0.3) is 0 Å². The maximum absolute atomic E-state index is 9.76. The lowest BCUT2D eigenvalue weighted by Crippen LogP contribution is -1.95. The molecule has 0 aliphatic rings. The van der Waals surface area contributed by atoms with Crippen molar-refractivity contribution in [3.63, 3.8) is 0 Å². The van der Waals surface area contributed by atoms with Crippen molar-refractivity contribution < 1.29 is 10.2 Å². The van der Waals surface area contributed by atoms with Crippen LogP contribution in [-0.4, -0.2) is 10.2 Å². The monoisotopic (exact) mass is 214 g/mol. The predicted octanol–water partition coefficient (Wildman–Crippen LogP) is 3.25. The quantitative estimate of drug-likeness (QED) is 0.753. The normalized spacial score (nSPS) is 12.3. The minimum Gasteiger partial charge on any atom is -0.508 e. The van der Waals surface area contributed by atoms with Crippen molar-refractivity contribution in [1.29, 1.82) is 0 Å². The van der Waals surface area contributed by atoms with Crippen molar-refractivity contribution >= 4 is 0 Å². The fourth-order valence-electron chi connectivity index (χ4n) is 1.81. The molecule has 0 fully saturated rings. The number of aromatic hydroxyl groups is 2. The Morgan fingerprint density at radius 2 is 1.62 bits per heavy atom. The van der Waals surface area contributed by atoms with Gasteiger partial charge >= 0.3 is 0 Å². The first-order valence-corrected chi connectivity index (χ1v) is 5.25. The van der Waals surface area contributed by atoms with Crippen LogP contribution in [0.15, 0.2) is 48.5 Å². The van der Waals surface area contributed by atoms with Crippen molar-refractivity contribution in [2.75, 3.05) is 0 Å². The van der Waals surface area contributed by atoms with Crippen LogP contribution in [0.4, 0.5) is 0 Å². The van der Waals surface area contributed by atoms with Crippen LogP contribution in [0.1, 0.15) is 24.0 Å². The van der Waals surface area contributed by atoms with E-state index in [1.165, 1.54) is 12.1 Å². The number of hydrogen-bond donors (Lipinski definition) is 2. The lowest BCUT2D eigenvalue weighted by atomic mass is 9.92. The average molecular weight is 214 g/mol. The molecule has 0 amide bonds. The maximum atomic E-state index is 9.76. The lowest BCUT2D eigenvalue weighted by molar-refractivity contribution is 0.452. The summed E-state index contributed by atoms with van der Waals surface area (Å²) in [6, 6.07) is 14.5. The van der Waals surface area contributed by atoms with Crippen molar-refractivity contribution in [2.24, 2.45) is 0 Å². The molecule has 0 saturated carbocycles. The van der Waals surface area contributed by atoms with E-state index >= 15 is 0 Å². The minimum atomic E-state index is 0.0632. The molecule has 2 aromatic rings. The number of rotatable bonds is 2. The molecule has 2 heteroatoms. The van der Waals surface area contributed by atoms with Gasteiger partial charge < -0.3 is 10.2 Å². The highest BCUT2D eigenvalue weighted by Gasteiger charge is 2.12. The molecule has 82 valence electrons. The van der Waals surface area contributed by atoms with E-state index in [4.69, 9.17) is 0 Å². The summed E-state index contributed by atoms with van der Waals surface area (Å²) in [6.45, 7) is 2.00. The molecule has 2 aromatic carbocycles. The lowest BCUT2D eigenvalue weighted by Gasteiger charge is -2.14. The summed E-state index contributed by atoms with van der Waals surface area (Å²) in [7, 11) is 0. The van der Waals surface area contributed by atoms with E-state index in [2.05, 4.69) is 0 Å². The molecule has 0 aliphatic carbocycles. The summed E-state index contributed by atoms with van der Waals surface area (Å²) >= 11 is 0. The molecule has 0 aromatic heterocycles. The topological polar surface area (TPSA) is 40.5 Å². The van der Waals surface area contributed by atoms with Crippen molar-refractivity contribution in [3.8, 4) is 11.5 Å². The Bertz CT molecular complexity index is 477. The third kappa shape index (κ3) is 2.01. The fourth-order valence-corrected chi connectivity index (χ4v) is 1.81. The largest absolute Gasteiger partial charge is 0.508 e. The zero-order valence-corrected chi connectivity index (χ0v) is 9.09. The first kappa shape index (κ1) is 10.6. The molecule has 0 heterocycles. The second-order valence-electron chi connectivity index (χ2n) is 3.88. The van der Waals surface area contributed by atoms with E-state index in [-0.39, 0.29) is 17.4 Å². The van der Waals surface area contributed by atoms with Gasteiger partial charge in [-0.1, -0.05) is 37.3 Å². The Labute approximate surface area is 94.8 Å². The Morgan fingerprint density at radius 1 is 0.938 bits per heavy atom. The Hall–Kier alpha value is -1.96. The molecule has 2 N–H and O–H groups in total. The zero-order chi connectivity index (χ0) is 11.5. The second kappa shape index (κ2) is 4.27. The average Bonchev–Trinajstić information content (AvgIpc) is 2.32. The van der Waals surface area contributed by atoms with Crippen molar-refractivity contribution in [3.05, 3.63) is 59.7 Å².